The van der Waals surface area contributed by atoms with Crippen molar-refractivity contribution in [3.8, 4) is 11.5 Å². The Bertz CT molecular complexity index is 473. The predicted molar refractivity (Wildman–Crippen MR) is 80.6 cm³/mol. The first-order valence-electron chi connectivity index (χ1n) is 7.69. The molecule has 0 saturated carbocycles. The smallest absolute Gasteiger partial charge is 0.231 e. The van der Waals surface area contributed by atoms with Gasteiger partial charge in [0.1, 0.15) is 0 Å². The van der Waals surface area contributed by atoms with Crippen LogP contribution in [0.2, 0.25) is 0 Å². The Morgan fingerprint density at radius 1 is 1.29 bits per heavy atom. The third-order valence-electron chi connectivity index (χ3n) is 4.44. The number of fused-ring (bicyclic) bond motifs is 1. The van der Waals surface area contributed by atoms with Gasteiger partial charge in [0.15, 0.2) is 11.5 Å². The molecule has 0 radical (unpaired) electrons. The van der Waals surface area contributed by atoms with Crippen molar-refractivity contribution in [2.45, 2.75) is 25.4 Å². The maximum atomic E-state index is 9.38. The largest absolute Gasteiger partial charge is 0.454 e. The number of benzene rings is 1. The van der Waals surface area contributed by atoms with Crippen LogP contribution in [0.5, 0.6) is 11.5 Å². The average Bonchev–Trinajstić information content (AvgIpc) is 2.97. The summed E-state index contributed by atoms with van der Waals surface area (Å²) in [6, 6.07) is 6.57. The minimum Gasteiger partial charge on any atom is -0.454 e. The number of nitrogens with zero attached hydrogens (tertiary/aromatic N) is 2. The quantitative estimate of drug-likeness (QED) is 0.886. The van der Waals surface area contributed by atoms with Crippen LogP contribution in [0.25, 0.3) is 0 Å². The molecular formula is C16H24N2O3. The van der Waals surface area contributed by atoms with Crippen LogP contribution < -0.4 is 9.47 Å². The zero-order chi connectivity index (χ0) is 14.7. The van der Waals surface area contributed by atoms with Crippen LogP contribution >= 0.6 is 0 Å². The molecule has 1 aromatic carbocycles. The molecule has 116 valence electrons. The zero-order valence-electron chi connectivity index (χ0n) is 12.6. The molecule has 1 aromatic rings. The van der Waals surface area contributed by atoms with Crippen LogP contribution in [-0.4, -0.2) is 61.0 Å². The van der Waals surface area contributed by atoms with E-state index in [1.165, 1.54) is 0 Å². The summed E-state index contributed by atoms with van der Waals surface area (Å²) in [6.07, 6.45) is 2.31. The number of hydrogen-bond acceptors (Lipinski definition) is 5. The van der Waals surface area contributed by atoms with Crippen LogP contribution in [0, 0.1) is 0 Å². The van der Waals surface area contributed by atoms with Crippen LogP contribution in [0.1, 0.15) is 18.4 Å². The van der Waals surface area contributed by atoms with E-state index in [2.05, 4.69) is 22.9 Å². The number of aliphatic hydroxyl groups excluding tert-OH is 1. The molecule has 0 bridgehead atoms. The highest BCUT2D eigenvalue weighted by Gasteiger charge is 2.25. The Hall–Kier alpha value is -1.30. The predicted octanol–water partition coefficient (Wildman–Crippen LogP) is 1.30. The highest BCUT2D eigenvalue weighted by Crippen LogP contribution is 2.36. The monoisotopic (exact) mass is 292 g/mol. The van der Waals surface area contributed by atoms with Gasteiger partial charge in [0.2, 0.25) is 6.79 Å². The van der Waals surface area contributed by atoms with E-state index in [1.807, 2.05) is 12.1 Å². The summed E-state index contributed by atoms with van der Waals surface area (Å²) >= 11 is 0. The van der Waals surface area contributed by atoms with E-state index in [4.69, 9.17) is 9.47 Å². The summed E-state index contributed by atoms with van der Waals surface area (Å²) in [5.41, 5.74) is 1.15. The summed E-state index contributed by atoms with van der Waals surface area (Å²) in [7, 11) is 2.17. The number of aliphatic hydroxyl groups is 1. The minimum atomic E-state index is 0.193. The van der Waals surface area contributed by atoms with Crippen molar-refractivity contribution in [2.75, 3.05) is 40.1 Å². The van der Waals surface area contributed by atoms with Crippen LogP contribution in [0.15, 0.2) is 18.2 Å². The molecule has 0 spiro atoms. The molecule has 1 N–H and O–H groups in total. The van der Waals surface area contributed by atoms with Gasteiger partial charge in [-0.2, -0.15) is 0 Å². The molecule has 0 atom stereocenters. The van der Waals surface area contributed by atoms with E-state index in [0.29, 0.717) is 19.4 Å². The van der Waals surface area contributed by atoms with Gasteiger partial charge in [0, 0.05) is 24.7 Å². The molecule has 5 nitrogen and oxygen atoms in total. The topological polar surface area (TPSA) is 45.2 Å². The van der Waals surface area contributed by atoms with Gasteiger partial charge >= 0.3 is 0 Å². The summed E-state index contributed by atoms with van der Waals surface area (Å²) < 4.78 is 11.0. The standard InChI is InChI=1S/C16H24N2O3/c1-17-7-5-14(6-8-17)18(9-10-19)11-13-3-2-4-15-16(13)21-12-20-15/h2-4,14,19H,5-12H2,1H3. The van der Waals surface area contributed by atoms with Crippen molar-refractivity contribution >= 4 is 0 Å². The first-order chi connectivity index (χ1) is 10.3. The fourth-order valence-corrected chi connectivity index (χ4v) is 3.21. The molecule has 21 heavy (non-hydrogen) atoms. The Morgan fingerprint density at radius 3 is 2.86 bits per heavy atom. The Morgan fingerprint density at radius 2 is 2.10 bits per heavy atom. The highest BCUT2D eigenvalue weighted by atomic mass is 16.7. The maximum absolute atomic E-state index is 9.38. The van der Waals surface area contributed by atoms with Gasteiger partial charge in [0.25, 0.3) is 0 Å². The van der Waals surface area contributed by atoms with Crippen molar-refractivity contribution in [1.29, 1.82) is 0 Å². The molecule has 2 aliphatic heterocycles. The summed E-state index contributed by atoms with van der Waals surface area (Å²) in [5, 5.41) is 9.38. The van der Waals surface area contributed by atoms with Crippen LogP contribution in [0.4, 0.5) is 0 Å². The van der Waals surface area contributed by atoms with Gasteiger partial charge in [-0.25, -0.2) is 0 Å². The normalized spacial score (nSPS) is 19.4. The number of likely N-dealkylation sites (tertiary alicyclic amines) is 1. The summed E-state index contributed by atoms with van der Waals surface area (Å²) in [5.74, 6) is 1.70. The molecule has 1 saturated heterocycles. The lowest BCUT2D eigenvalue weighted by Gasteiger charge is -2.37. The Balaban J connectivity index is 1.72. The fraction of sp³-hybridized carbons (Fsp3) is 0.625. The first kappa shape index (κ1) is 14.6. The molecule has 2 heterocycles. The SMILES string of the molecule is CN1CCC(N(CCO)Cc2cccc3c2OCO3)CC1. The molecule has 2 aliphatic rings. The number of piperidine rings is 1. The van der Waals surface area contributed by atoms with Crippen molar-refractivity contribution < 1.29 is 14.6 Å². The second-order valence-electron chi connectivity index (χ2n) is 5.88. The van der Waals surface area contributed by atoms with Crippen molar-refractivity contribution in [2.24, 2.45) is 0 Å². The van der Waals surface area contributed by atoms with Gasteiger partial charge in [-0.05, 0) is 39.0 Å². The number of ether oxygens (including phenoxy) is 2. The van der Waals surface area contributed by atoms with Crippen molar-refractivity contribution in [3.63, 3.8) is 0 Å². The number of hydrogen-bond donors (Lipinski definition) is 1. The lowest BCUT2D eigenvalue weighted by Crippen LogP contribution is -2.44. The molecular weight excluding hydrogens is 268 g/mol. The van der Waals surface area contributed by atoms with Crippen molar-refractivity contribution in [3.05, 3.63) is 23.8 Å². The fourth-order valence-electron chi connectivity index (χ4n) is 3.21. The molecule has 3 rings (SSSR count). The molecule has 0 aromatic heterocycles. The molecule has 1 fully saturated rings. The van der Waals surface area contributed by atoms with Crippen LogP contribution in [-0.2, 0) is 6.54 Å². The van der Waals surface area contributed by atoms with Gasteiger partial charge in [-0.1, -0.05) is 12.1 Å². The van der Waals surface area contributed by atoms with Gasteiger partial charge in [-0.15, -0.1) is 0 Å². The van der Waals surface area contributed by atoms with E-state index < -0.39 is 0 Å². The molecule has 0 aliphatic carbocycles. The van der Waals surface area contributed by atoms with Gasteiger partial charge < -0.3 is 19.5 Å². The van der Waals surface area contributed by atoms with Gasteiger partial charge in [-0.3, -0.25) is 4.90 Å². The average molecular weight is 292 g/mol. The third kappa shape index (κ3) is 3.31. The zero-order valence-corrected chi connectivity index (χ0v) is 12.6. The van der Waals surface area contributed by atoms with E-state index in [0.717, 1.165) is 49.5 Å². The summed E-state index contributed by atoms with van der Waals surface area (Å²) in [6.45, 7) is 4.26. The lowest BCUT2D eigenvalue weighted by atomic mass is 10.0. The Labute approximate surface area is 126 Å². The second kappa shape index (κ2) is 6.64. The van der Waals surface area contributed by atoms with Gasteiger partial charge in [0.05, 0.1) is 6.61 Å². The maximum Gasteiger partial charge on any atom is 0.231 e. The highest BCUT2D eigenvalue weighted by molar-refractivity contribution is 5.48. The third-order valence-corrected chi connectivity index (χ3v) is 4.44. The van der Waals surface area contributed by atoms with E-state index in [1.54, 1.807) is 0 Å². The lowest BCUT2D eigenvalue weighted by molar-refractivity contribution is 0.0930. The van der Waals surface area contributed by atoms with E-state index in [-0.39, 0.29) is 6.61 Å². The summed E-state index contributed by atoms with van der Waals surface area (Å²) in [4.78, 5) is 4.75. The molecule has 0 unspecified atom stereocenters. The minimum absolute atomic E-state index is 0.193. The molecule has 0 amide bonds. The Kier molecular flexibility index (Phi) is 4.63. The first-order valence-corrected chi connectivity index (χ1v) is 7.69. The van der Waals surface area contributed by atoms with Crippen molar-refractivity contribution in [1.82, 2.24) is 9.80 Å². The van der Waals surface area contributed by atoms with E-state index >= 15 is 0 Å². The second-order valence-corrected chi connectivity index (χ2v) is 5.88. The number of para-hydroxylation sites is 1. The molecule has 5 heteroatoms. The number of rotatable bonds is 5. The van der Waals surface area contributed by atoms with E-state index in [9.17, 15) is 5.11 Å². The van der Waals surface area contributed by atoms with Crippen LogP contribution in [0.3, 0.4) is 0 Å².